The molecule has 2 nitrogen and oxygen atoms in total. The van der Waals surface area contributed by atoms with Crippen LogP contribution in [0.3, 0.4) is 0 Å². The van der Waals surface area contributed by atoms with Crippen molar-refractivity contribution in [3.05, 3.63) is 6.92 Å². The van der Waals surface area contributed by atoms with Crippen molar-refractivity contribution in [2.45, 2.75) is 20.3 Å². The molecule has 1 radical (unpaired) electrons. The third-order valence-electron chi connectivity index (χ3n) is 1.18. The minimum absolute atomic E-state index is 0.232. The van der Waals surface area contributed by atoms with E-state index in [1.54, 1.807) is 6.92 Å². The topological polar surface area (TPSA) is 37.3 Å². The monoisotopic (exact) mass is 129 g/mol. The van der Waals surface area contributed by atoms with Gasteiger partial charge in [0.15, 0.2) is 0 Å². The molecule has 0 rings (SSSR count). The quantitative estimate of drug-likeness (QED) is 0.628. The first-order valence-electron chi connectivity index (χ1n) is 3.10. The average Bonchev–Trinajstić information content (AvgIpc) is 1.63. The first kappa shape index (κ1) is 8.47. The van der Waals surface area contributed by atoms with Crippen molar-refractivity contribution in [3.8, 4) is 0 Å². The Morgan fingerprint density at radius 1 is 1.67 bits per heavy atom. The predicted octanol–water partition coefficient (Wildman–Crippen LogP) is 1.57. The minimum atomic E-state index is -0.731. The van der Waals surface area contributed by atoms with Crippen LogP contribution in [0.25, 0.3) is 0 Å². The highest BCUT2D eigenvalue weighted by Gasteiger charge is 2.11. The number of rotatable bonds is 3. The fourth-order valence-electron chi connectivity index (χ4n) is 0.704. The van der Waals surface area contributed by atoms with Crippen LogP contribution in [0.5, 0.6) is 0 Å². The number of carbonyl (C=O) groups is 1. The highest BCUT2D eigenvalue weighted by molar-refractivity contribution is 5.69. The normalized spacial score (nSPS) is 13.8. The van der Waals surface area contributed by atoms with E-state index in [1.807, 2.05) is 6.92 Å². The van der Waals surface area contributed by atoms with Crippen molar-refractivity contribution >= 4 is 5.97 Å². The molecule has 0 spiro atoms. The van der Waals surface area contributed by atoms with Crippen LogP contribution < -0.4 is 0 Å². The molecule has 1 N–H and O–H groups in total. The SMILES string of the molecule is [CH2]C(C)CC(C)C(=O)O. The van der Waals surface area contributed by atoms with E-state index in [9.17, 15) is 4.79 Å². The van der Waals surface area contributed by atoms with Gasteiger partial charge >= 0.3 is 5.97 Å². The predicted molar refractivity (Wildman–Crippen MR) is 35.9 cm³/mol. The third-order valence-corrected chi connectivity index (χ3v) is 1.18. The zero-order valence-corrected chi connectivity index (χ0v) is 5.92. The van der Waals surface area contributed by atoms with Crippen molar-refractivity contribution in [2.24, 2.45) is 11.8 Å². The van der Waals surface area contributed by atoms with Gasteiger partial charge in [-0.1, -0.05) is 20.8 Å². The van der Waals surface area contributed by atoms with E-state index >= 15 is 0 Å². The van der Waals surface area contributed by atoms with Crippen LogP contribution in [0, 0.1) is 18.8 Å². The van der Waals surface area contributed by atoms with Crippen molar-refractivity contribution in [2.75, 3.05) is 0 Å². The minimum Gasteiger partial charge on any atom is -0.481 e. The van der Waals surface area contributed by atoms with Crippen molar-refractivity contribution < 1.29 is 9.90 Å². The average molecular weight is 129 g/mol. The first-order valence-corrected chi connectivity index (χ1v) is 3.10. The van der Waals surface area contributed by atoms with E-state index in [4.69, 9.17) is 5.11 Å². The molecule has 53 valence electrons. The van der Waals surface area contributed by atoms with Gasteiger partial charge in [0.25, 0.3) is 0 Å². The molecule has 0 fully saturated rings. The van der Waals surface area contributed by atoms with Crippen LogP contribution in [0.4, 0.5) is 0 Å². The van der Waals surface area contributed by atoms with Crippen LogP contribution in [0.2, 0.25) is 0 Å². The first-order chi connectivity index (χ1) is 4.04. The fraction of sp³-hybridized carbons (Fsp3) is 0.714. The van der Waals surface area contributed by atoms with Crippen molar-refractivity contribution in [1.29, 1.82) is 0 Å². The molecule has 0 aromatic heterocycles. The lowest BCUT2D eigenvalue weighted by Crippen LogP contribution is -2.11. The Labute approximate surface area is 55.9 Å². The Kier molecular flexibility index (Phi) is 3.28. The molecule has 0 saturated heterocycles. The lowest BCUT2D eigenvalue weighted by Gasteiger charge is -2.07. The van der Waals surface area contributed by atoms with Crippen LogP contribution >= 0.6 is 0 Å². The summed E-state index contributed by atoms with van der Waals surface area (Å²) in [4.78, 5) is 10.2. The highest BCUT2D eigenvalue weighted by atomic mass is 16.4. The zero-order chi connectivity index (χ0) is 7.44. The number of carboxylic acids is 1. The smallest absolute Gasteiger partial charge is 0.306 e. The lowest BCUT2D eigenvalue weighted by atomic mass is 9.99. The van der Waals surface area contributed by atoms with Crippen molar-refractivity contribution in [1.82, 2.24) is 0 Å². The summed E-state index contributed by atoms with van der Waals surface area (Å²) in [6.07, 6.45) is 0.662. The Hall–Kier alpha value is -0.530. The Morgan fingerprint density at radius 3 is 2.22 bits per heavy atom. The van der Waals surface area contributed by atoms with Crippen molar-refractivity contribution in [3.63, 3.8) is 0 Å². The maximum Gasteiger partial charge on any atom is 0.306 e. The lowest BCUT2D eigenvalue weighted by molar-refractivity contribution is -0.141. The van der Waals surface area contributed by atoms with Crippen LogP contribution in [0.15, 0.2) is 0 Å². The van der Waals surface area contributed by atoms with Gasteiger partial charge in [-0.25, -0.2) is 0 Å². The Balaban J connectivity index is 3.50. The van der Waals surface area contributed by atoms with E-state index in [2.05, 4.69) is 6.92 Å². The molecule has 0 bridgehead atoms. The Bertz CT molecular complexity index is 97.1. The zero-order valence-electron chi connectivity index (χ0n) is 5.92. The van der Waals surface area contributed by atoms with Gasteiger partial charge in [0.05, 0.1) is 5.92 Å². The van der Waals surface area contributed by atoms with Gasteiger partial charge < -0.3 is 5.11 Å². The molecule has 0 saturated carbocycles. The maximum atomic E-state index is 10.2. The van der Waals surface area contributed by atoms with Gasteiger partial charge in [-0.05, 0) is 12.3 Å². The van der Waals surface area contributed by atoms with Gasteiger partial charge in [-0.15, -0.1) is 0 Å². The molecule has 0 amide bonds. The number of hydrogen-bond donors (Lipinski definition) is 1. The molecule has 0 aliphatic heterocycles. The summed E-state index contributed by atoms with van der Waals surface area (Å²) >= 11 is 0. The van der Waals surface area contributed by atoms with E-state index < -0.39 is 5.97 Å². The van der Waals surface area contributed by atoms with Gasteiger partial charge in [0.2, 0.25) is 0 Å². The molecular formula is C7H13O2. The van der Waals surface area contributed by atoms with Gasteiger partial charge in [0.1, 0.15) is 0 Å². The standard InChI is InChI=1S/C7H13O2/c1-5(2)4-6(3)7(8)9/h5-6H,1,4H2,2-3H3,(H,8,9). The third kappa shape index (κ3) is 4.01. The van der Waals surface area contributed by atoms with Gasteiger partial charge in [0, 0.05) is 0 Å². The molecule has 0 aromatic carbocycles. The Morgan fingerprint density at radius 2 is 2.11 bits per heavy atom. The molecule has 0 aliphatic rings. The second-order valence-corrected chi connectivity index (χ2v) is 2.58. The second-order valence-electron chi connectivity index (χ2n) is 2.58. The number of hydrogen-bond acceptors (Lipinski definition) is 1. The van der Waals surface area contributed by atoms with Crippen LogP contribution in [-0.4, -0.2) is 11.1 Å². The van der Waals surface area contributed by atoms with Crippen LogP contribution in [-0.2, 0) is 4.79 Å². The van der Waals surface area contributed by atoms with Gasteiger partial charge in [-0.3, -0.25) is 4.79 Å². The molecule has 2 unspecified atom stereocenters. The molecule has 0 aliphatic carbocycles. The largest absolute Gasteiger partial charge is 0.481 e. The van der Waals surface area contributed by atoms with E-state index in [0.29, 0.717) is 6.42 Å². The summed E-state index contributed by atoms with van der Waals surface area (Å²) in [6.45, 7) is 7.31. The summed E-state index contributed by atoms with van der Waals surface area (Å²) in [5.74, 6) is -0.751. The summed E-state index contributed by atoms with van der Waals surface area (Å²) < 4.78 is 0. The molecule has 0 aromatic rings. The molecule has 0 heterocycles. The second kappa shape index (κ2) is 3.49. The highest BCUT2D eigenvalue weighted by Crippen LogP contribution is 2.09. The molecular weight excluding hydrogens is 116 g/mol. The van der Waals surface area contributed by atoms with Crippen LogP contribution in [0.1, 0.15) is 20.3 Å². The molecule has 9 heavy (non-hydrogen) atoms. The molecule has 2 heteroatoms. The van der Waals surface area contributed by atoms with E-state index in [-0.39, 0.29) is 11.8 Å². The summed E-state index contributed by atoms with van der Waals surface area (Å²) in [5, 5.41) is 8.40. The molecule has 2 atom stereocenters. The summed E-state index contributed by atoms with van der Waals surface area (Å²) in [6, 6.07) is 0. The van der Waals surface area contributed by atoms with E-state index in [0.717, 1.165) is 0 Å². The summed E-state index contributed by atoms with van der Waals surface area (Å²) in [7, 11) is 0. The van der Waals surface area contributed by atoms with Gasteiger partial charge in [-0.2, -0.15) is 0 Å². The number of carboxylic acid groups (broad SMARTS) is 1. The fourth-order valence-corrected chi connectivity index (χ4v) is 0.704. The summed E-state index contributed by atoms with van der Waals surface area (Å²) in [5.41, 5.74) is 0. The van der Waals surface area contributed by atoms with E-state index in [1.165, 1.54) is 0 Å². The number of aliphatic carboxylic acids is 1. The maximum absolute atomic E-state index is 10.2.